The molecule has 1 aromatic rings. The number of hydrogen-bond acceptors (Lipinski definition) is 4. The molecular weight excluding hydrogens is 316 g/mol. The van der Waals surface area contributed by atoms with E-state index >= 15 is 0 Å². The number of sulfonamides is 1. The Bertz CT molecular complexity index is 696. The van der Waals surface area contributed by atoms with Crippen LogP contribution in [0.25, 0.3) is 0 Å². The van der Waals surface area contributed by atoms with Crippen LogP contribution in [-0.2, 0) is 26.0 Å². The van der Waals surface area contributed by atoms with Gasteiger partial charge in [0.15, 0.2) is 0 Å². The lowest BCUT2D eigenvalue weighted by molar-refractivity contribution is -0.115. The van der Waals surface area contributed by atoms with Crippen molar-refractivity contribution < 1.29 is 17.9 Å². The highest BCUT2D eigenvalue weighted by atomic mass is 32.2. The summed E-state index contributed by atoms with van der Waals surface area (Å²) >= 11 is 0. The Kier molecular flexibility index (Phi) is 4.70. The van der Waals surface area contributed by atoms with Crippen LogP contribution in [0, 0.1) is 0 Å². The summed E-state index contributed by atoms with van der Waals surface area (Å²) < 4.78 is 32.4. The van der Waals surface area contributed by atoms with E-state index in [-0.39, 0.29) is 23.3 Å². The minimum atomic E-state index is -3.54. The molecule has 1 atom stereocenters. The van der Waals surface area contributed by atoms with Gasteiger partial charge in [0.05, 0.1) is 17.4 Å². The molecule has 126 valence electrons. The van der Waals surface area contributed by atoms with Crippen LogP contribution < -0.4 is 5.32 Å². The molecule has 0 aromatic heterocycles. The first-order valence-electron chi connectivity index (χ1n) is 7.97. The van der Waals surface area contributed by atoms with Crippen LogP contribution in [0.1, 0.15) is 31.2 Å². The fourth-order valence-electron chi connectivity index (χ4n) is 3.03. The number of ether oxygens (including phenoxy) is 1. The molecule has 1 saturated heterocycles. The fraction of sp³-hybridized carbons (Fsp3) is 0.562. The van der Waals surface area contributed by atoms with E-state index in [1.165, 1.54) is 4.31 Å². The van der Waals surface area contributed by atoms with Crippen molar-refractivity contribution in [1.29, 1.82) is 0 Å². The molecule has 0 aliphatic carbocycles. The monoisotopic (exact) mass is 338 g/mol. The van der Waals surface area contributed by atoms with Crippen molar-refractivity contribution in [3.05, 3.63) is 23.8 Å². The molecular formula is C16H22N2O4S. The Morgan fingerprint density at radius 2 is 2.17 bits per heavy atom. The summed E-state index contributed by atoms with van der Waals surface area (Å²) in [4.78, 5) is 11.6. The van der Waals surface area contributed by atoms with Gasteiger partial charge in [-0.2, -0.15) is 0 Å². The lowest BCUT2D eigenvalue weighted by Crippen LogP contribution is -2.31. The summed E-state index contributed by atoms with van der Waals surface area (Å²) in [5.74, 6) is -0.0997. The van der Waals surface area contributed by atoms with Crippen molar-refractivity contribution in [1.82, 2.24) is 4.31 Å². The second-order valence-electron chi connectivity index (χ2n) is 6.15. The summed E-state index contributed by atoms with van der Waals surface area (Å²) in [7, 11) is -1.95. The van der Waals surface area contributed by atoms with E-state index < -0.39 is 10.0 Å². The van der Waals surface area contributed by atoms with Crippen molar-refractivity contribution in [2.75, 3.05) is 25.5 Å². The van der Waals surface area contributed by atoms with Crippen molar-refractivity contribution in [3.8, 4) is 0 Å². The van der Waals surface area contributed by atoms with Crippen molar-refractivity contribution in [2.24, 2.45) is 0 Å². The van der Waals surface area contributed by atoms with Gasteiger partial charge < -0.3 is 10.1 Å². The highest BCUT2D eigenvalue weighted by molar-refractivity contribution is 7.89. The average Bonchev–Trinajstić information content (AvgIpc) is 2.92. The molecule has 3 rings (SSSR count). The largest absolute Gasteiger partial charge is 0.378 e. The minimum Gasteiger partial charge on any atom is -0.378 e. The summed E-state index contributed by atoms with van der Waals surface area (Å²) in [6.45, 7) is 1.20. The summed E-state index contributed by atoms with van der Waals surface area (Å²) in [5.41, 5.74) is 1.44. The fourth-order valence-corrected chi connectivity index (χ4v) is 4.26. The molecule has 0 spiro atoms. The van der Waals surface area contributed by atoms with E-state index in [0.29, 0.717) is 18.7 Å². The molecule has 2 aliphatic heterocycles. The molecule has 2 aliphatic rings. The van der Waals surface area contributed by atoms with Gasteiger partial charge in [-0.25, -0.2) is 12.7 Å². The number of amides is 1. The molecule has 0 saturated carbocycles. The predicted octanol–water partition coefficient (Wildman–Crippen LogP) is 1.76. The second-order valence-corrected chi connectivity index (χ2v) is 8.19. The van der Waals surface area contributed by atoms with Crippen molar-refractivity contribution in [3.63, 3.8) is 0 Å². The van der Waals surface area contributed by atoms with Crippen LogP contribution in [0.4, 0.5) is 5.69 Å². The molecule has 0 radical (unpaired) electrons. The Morgan fingerprint density at radius 3 is 2.91 bits per heavy atom. The van der Waals surface area contributed by atoms with E-state index in [4.69, 9.17) is 4.74 Å². The van der Waals surface area contributed by atoms with E-state index in [1.54, 1.807) is 25.2 Å². The standard InChI is InChI=1S/C16H22N2O4S/c1-18(8-7-13-4-2-3-9-22-13)23(20,21)14-5-6-15-12(10-14)11-16(19)17-15/h5-6,10,13H,2-4,7-9,11H2,1H3,(H,17,19). The number of rotatable bonds is 5. The first-order valence-corrected chi connectivity index (χ1v) is 9.41. The van der Waals surface area contributed by atoms with E-state index in [0.717, 1.165) is 31.4 Å². The van der Waals surface area contributed by atoms with Crippen LogP contribution in [-0.4, -0.2) is 44.9 Å². The predicted molar refractivity (Wildman–Crippen MR) is 86.8 cm³/mol. The van der Waals surface area contributed by atoms with Crippen LogP contribution in [0.5, 0.6) is 0 Å². The molecule has 1 fully saturated rings. The van der Waals surface area contributed by atoms with Gasteiger partial charge in [0.2, 0.25) is 15.9 Å². The number of anilines is 1. The summed E-state index contributed by atoms with van der Waals surface area (Å²) in [6, 6.07) is 4.80. The third-order valence-corrected chi connectivity index (χ3v) is 6.30. The van der Waals surface area contributed by atoms with E-state index in [9.17, 15) is 13.2 Å². The van der Waals surface area contributed by atoms with Gasteiger partial charge in [0, 0.05) is 25.9 Å². The van der Waals surface area contributed by atoms with Crippen LogP contribution in [0.3, 0.4) is 0 Å². The number of carbonyl (C=O) groups is 1. The molecule has 1 unspecified atom stereocenters. The normalized spacial score (nSPS) is 21.3. The molecule has 2 heterocycles. The van der Waals surface area contributed by atoms with E-state index in [1.807, 2.05) is 0 Å². The van der Waals surface area contributed by atoms with Gasteiger partial charge >= 0.3 is 0 Å². The number of nitrogens with zero attached hydrogens (tertiary/aromatic N) is 1. The molecule has 6 nitrogen and oxygen atoms in total. The lowest BCUT2D eigenvalue weighted by atomic mass is 10.1. The first-order chi connectivity index (χ1) is 11.0. The Hall–Kier alpha value is -1.44. The maximum absolute atomic E-state index is 12.7. The highest BCUT2D eigenvalue weighted by Crippen LogP contribution is 2.27. The Morgan fingerprint density at radius 1 is 1.35 bits per heavy atom. The zero-order chi connectivity index (χ0) is 16.4. The molecule has 0 bridgehead atoms. The average molecular weight is 338 g/mol. The summed E-state index contributed by atoms with van der Waals surface area (Å²) in [6.07, 6.45) is 4.34. The number of fused-ring (bicyclic) bond motifs is 1. The number of nitrogens with one attached hydrogen (secondary N) is 1. The maximum Gasteiger partial charge on any atom is 0.242 e. The molecule has 7 heteroatoms. The van der Waals surface area contributed by atoms with Crippen molar-refractivity contribution in [2.45, 2.75) is 43.1 Å². The SMILES string of the molecule is CN(CCC1CCCCO1)S(=O)(=O)c1ccc2c(c1)CC(=O)N2. The van der Waals surface area contributed by atoms with Crippen LogP contribution >= 0.6 is 0 Å². The quantitative estimate of drug-likeness (QED) is 0.888. The highest BCUT2D eigenvalue weighted by Gasteiger charge is 2.25. The van der Waals surface area contributed by atoms with Crippen LogP contribution in [0.15, 0.2) is 23.1 Å². The zero-order valence-corrected chi connectivity index (χ0v) is 14.1. The molecule has 23 heavy (non-hydrogen) atoms. The molecule has 1 aromatic carbocycles. The Balaban J connectivity index is 1.68. The van der Waals surface area contributed by atoms with Gasteiger partial charge in [-0.3, -0.25) is 4.79 Å². The topological polar surface area (TPSA) is 75.7 Å². The van der Waals surface area contributed by atoms with Crippen LogP contribution in [0.2, 0.25) is 0 Å². The lowest BCUT2D eigenvalue weighted by Gasteiger charge is -2.25. The van der Waals surface area contributed by atoms with Gasteiger partial charge in [-0.05, 0) is 49.4 Å². The minimum absolute atomic E-state index is 0.0997. The van der Waals surface area contributed by atoms with E-state index in [2.05, 4.69) is 5.32 Å². The smallest absolute Gasteiger partial charge is 0.242 e. The number of benzene rings is 1. The first kappa shape index (κ1) is 16.4. The second kappa shape index (κ2) is 6.59. The van der Waals surface area contributed by atoms with Crippen molar-refractivity contribution >= 4 is 21.6 Å². The van der Waals surface area contributed by atoms with Gasteiger partial charge in [0.25, 0.3) is 0 Å². The third-order valence-electron chi connectivity index (χ3n) is 4.45. The van der Waals surface area contributed by atoms with Gasteiger partial charge in [-0.1, -0.05) is 0 Å². The number of hydrogen-bond donors (Lipinski definition) is 1. The molecule has 1 N–H and O–H groups in total. The van der Waals surface area contributed by atoms with Gasteiger partial charge in [-0.15, -0.1) is 0 Å². The van der Waals surface area contributed by atoms with Gasteiger partial charge in [0.1, 0.15) is 0 Å². The zero-order valence-electron chi connectivity index (χ0n) is 13.2. The maximum atomic E-state index is 12.7. The Labute approximate surface area is 136 Å². The number of carbonyl (C=O) groups excluding carboxylic acids is 1. The summed E-state index contributed by atoms with van der Waals surface area (Å²) in [5, 5.41) is 2.71. The third kappa shape index (κ3) is 3.57. The molecule has 1 amide bonds.